The molecule has 5 N–H and O–H groups in total. The van der Waals surface area contributed by atoms with Crippen LogP contribution in [0.1, 0.15) is 16.1 Å². The van der Waals surface area contributed by atoms with Gasteiger partial charge in [-0.05, 0) is 12.1 Å². The Bertz CT molecular complexity index is 422. The first kappa shape index (κ1) is 13.1. The molecular formula is C10H13N3O4. The molecule has 17 heavy (non-hydrogen) atoms. The van der Waals surface area contributed by atoms with Gasteiger partial charge in [-0.25, -0.2) is 4.79 Å². The summed E-state index contributed by atoms with van der Waals surface area (Å²) in [6.07, 6.45) is 1.41. The maximum atomic E-state index is 11.6. The van der Waals surface area contributed by atoms with Crippen LogP contribution in [0, 0.1) is 0 Å². The second kappa shape index (κ2) is 5.92. The molecule has 0 spiro atoms. The van der Waals surface area contributed by atoms with Crippen LogP contribution in [-0.4, -0.2) is 39.7 Å². The first-order valence-corrected chi connectivity index (χ1v) is 4.88. The number of aliphatic hydroxyl groups is 1. The monoisotopic (exact) mass is 239 g/mol. The number of carbonyl (C=O) groups is 2. The largest absolute Gasteiger partial charge is 0.480 e. The first-order valence-electron chi connectivity index (χ1n) is 4.88. The Morgan fingerprint density at radius 1 is 1.53 bits per heavy atom. The van der Waals surface area contributed by atoms with E-state index in [-0.39, 0.29) is 12.1 Å². The molecule has 0 aromatic carbocycles. The molecule has 0 radical (unpaired) electrons. The summed E-state index contributed by atoms with van der Waals surface area (Å²) in [5, 5.41) is 19.6. The second-order valence-electron chi connectivity index (χ2n) is 3.29. The molecule has 1 aromatic rings. The first-order chi connectivity index (χ1) is 8.08. The van der Waals surface area contributed by atoms with E-state index < -0.39 is 24.5 Å². The van der Waals surface area contributed by atoms with Crippen LogP contribution in [0.2, 0.25) is 0 Å². The molecule has 7 nitrogen and oxygen atoms in total. The molecule has 1 amide bonds. The van der Waals surface area contributed by atoms with Gasteiger partial charge < -0.3 is 21.3 Å². The molecule has 7 heteroatoms. The number of carbonyl (C=O) groups excluding carboxylic acids is 1. The van der Waals surface area contributed by atoms with Gasteiger partial charge >= 0.3 is 5.97 Å². The zero-order chi connectivity index (χ0) is 12.8. The molecule has 0 saturated heterocycles. The summed E-state index contributed by atoms with van der Waals surface area (Å²) in [6, 6.07) is 1.58. The highest BCUT2D eigenvalue weighted by atomic mass is 16.4. The van der Waals surface area contributed by atoms with E-state index in [0.717, 1.165) is 0 Å². The fourth-order valence-electron chi connectivity index (χ4n) is 1.16. The zero-order valence-electron chi connectivity index (χ0n) is 8.96. The van der Waals surface area contributed by atoms with Crippen molar-refractivity contribution in [2.75, 3.05) is 6.61 Å². The van der Waals surface area contributed by atoms with Gasteiger partial charge in [0.1, 0.15) is 0 Å². The van der Waals surface area contributed by atoms with Gasteiger partial charge in [0.2, 0.25) is 0 Å². The normalized spacial score (nSPS) is 11.9. The quantitative estimate of drug-likeness (QED) is 0.507. The molecule has 0 fully saturated rings. The highest BCUT2D eigenvalue weighted by Gasteiger charge is 2.19. The number of carboxylic acid groups (broad SMARTS) is 1. The smallest absolute Gasteiger partial charge is 0.328 e. The highest BCUT2D eigenvalue weighted by Crippen LogP contribution is 2.01. The molecule has 1 heterocycles. The molecule has 0 aliphatic carbocycles. The second-order valence-corrected chi connectivity index (χ2v) is 3.29. The average Bonchev–Trinajstić information content (AvgIpc) is 2.35. The third kappa shape index (κ3) is 3.51. The molecule has 0 bridgehead atoms. The molecular weight excluding hydrogens is 226 g/mol. The van der Waals surface area contributed by atoms with Crippen LogP contribution in [0.25, 0.3) is 0 Å². The predicted octanol–water partition coefficient (Wildman–Crippen LogP) is -1.28. The molecule has 1 rings (SSSR count). The van der Waals surface area contributed by atoms with Crippen molar-refractivity contribution in [2.45, 2.75) is 12.6 Å². The Hall–Kier alpha value is -1.99. The average molecular weight is 239 g/mol. The van der Waals surface area contributed by atoms with Crippen molar-refractivity contribution in [1.82, 2.24) is 10.3 Å². The molecule has 0 saturated carbocycles. The lowest BCUT2D eigenvalue weighted by atomic mass is 10.2. The van der Waals surface area contributed by atoms with Crippen LogP contribution >= 0.6 is 0 Å². The number of pyridine rings is 1. The summed E-state index contributed by atoms with van der Waals surface area (Å²) in [5.41, 5.74) is 6.14. The number of carboxylic acids is 1. The molecule has 1 aromatic heterocycles. The van der Waals surface area contributed by atoms with Crippen LogP contribution < -0.4 is 11.1 Å². The lowest BCUT2D eigenvalue weighted by Gasteiger charge is -2.11. The van der Waals surface area contributed by atoms with Crippen molar-refractivity contribution in [1.29, 1.82) is 0 Å². The van der Waals surface area contributed by atoms with Gasteiger partial charge in [0.25, 0.3) is 5.91 Å². The molecule has 1 atom stereocenters. The minimum absolute atomic E-state index is 0.184. The standard InChI is InChI=1S/C10H13N3O4/c11-4-7-3-6(1-2-12-7)9(15)13-8(5-14)10(16)17/h1-3,8,14H,4-5,11H2,(H,13,15)(H,16,17). The van der Waals surface area contributed by atoms with Gasteiger partial charge in [-0.15, -0.1) is 0 Å². The third-order valence-electron chi connectivity index (χ3n) is 2.07. The Morgan fingerprint density at radius 2 is 2.24 bits per heavy atom. The Morgan fingerprint density at radius 3 is 2.76 bits per heavy atom. The van der Waals surface area contributed by atoms with E-state index in [2.05, 4.69) is 10.3 Å². The number of aliphatic carboxylic acids is 1. The van der Waals surface area contributed by atoms with E-state index in [9.17, 15) is 9.59 Å². The van der Waals surface area contributed by atoms with Crippen molar-refractivity contribution < 1.29 is 19.8 Å². The number of amides is 1. The Balaban J connectivity index is 2.78. The summed E-state index contributed by atoms with van der Waals surface area (Å²) in [4.78, 5) is 26.1. The predicted molar refractivity (Wildman–Crippen MR) is 58.1 cm³/mol. The fourth-order valence-corrected chi connectivity index (χ4v) is 1.16. The highest BCUT2D eigenvalue weighted by molar-refractivity contribution is 5.96. The van der Waals surface area contributed by atoms with E-state index in [1.54, 1.807) is 0 Å². The maximum absolute atomic E-state index is 11.6. The number of aliphatic hydroxyl groups excluding tert-OH is 1. The number of rotatable bonds is 5. The van der Waals surface area contributed by atoms with Crippen LogP contribution in [0.5, 0.6) is 0 Å². The Labute approximate surface area is 97.3 Å². The van der Waals surface area contributed by atoms with E-state index >= 15 is 0 Å². The fraction of sp³-hybridized carbons (Fsp3) is 0.300. The van der Waals surface area contributed by atoms with E-state index in [0.29, 0.717) is 5.69 Å². The van der Waals surface area contributed by atoms with Crippen LogP contribution in [0.3, 0.4) is 0 Å². The van der Waals surface area contributed by atoms with Gasteiger partial charge in [-0.1, -0.05) is 0 Å². The van der Waals surface area contributed by atoms with Gasteiger partial charge in [0, 0.05) is 18.3 Å². The number of hydrogen-bond acceptors (Lipinski definition) is 5. The number of nitrogens with zero attached hydrogens (tertiary/aromatic N) is 1. The summed E-state index contributed by atoms with van der Waals surface area (Å²) >= 11 is 0. The topological polar surface area (TPSA) is 126 Å². The van der Waals surface area contributed by atoms with Crippen molar-refractivity contribution in [3.8, 4) is 0 Å². The Kier molecular flexibility index (Phi) is 4.56. The number of hydrogen-bond donors (Lipinski definition) is 4. The SMILES string of the molecule is NCc1cc(C(=O)NC(CO)C(=O)O)ccn1. The molecule has 0 aliphatic heterocycles. The molecule has 92 valence electrons. The van der Waals surface area contributed by atoms with Crippen LogP contribution in [0.4, 0.5) is 0 Å². The van der Waals surface area contributed by atoms with Gasteiger partial charge in [0.05, 0.1) is 12.3 Å². The minimum Gasteiger partial charge on any atom is -0.480 e. The number of nitrogens with one attached hydrogen (secondary N) is 1. The summed E-state index contributed by atoms with van der Waals surface area (Å²) in [5.74, 6) is -1.89. The van der Waals surface area contributed by atoms with E-state index in [1.807, 2.05) is 0 Å². The van der Waals surface area contributed by atoms with Gasteiger partial charge in [-0.3, -0.25) is 9.78 Å². The maximum Gasteiger partial charge on any atom is 0.328 e. The lowest BCUT2D eigenvalue weighted by Crippen LogP contribution is -2.43. The van der Waals surface area contributed by atoms with Crippen molar-refractivity contribution >= 4 is 11.9 Å². The van der Waals surface area contributed by atoms with Crippen molar-refractivity contribution in [3.63, 3.8) is 0 Å². The lowest BCUT2D eigenvalue weighted by molar-refractivity contribution is -0.140. The summed E-state index contributed by atoms with van der Waals surface area (Å²) in [6.45, 7) is -0.487. The number of aromatic nitrogens is 1. The summed E-state index contributed by atoms with van der Waals surface area (Å²) in [7, 11) is 0. The summed E-state index contributed by atoms with van der Waals surface area (Å²) < 4.78 is 0. The van der Waals surface area contributed by atoms with E-state index in [4.69, 9.17) is 15.9 Å². The minimum atomic E-state index is -1.32. The van der Waals surface area contributed by atoms with Crippen LogP contribution in [0.15, 0.2) is 18.3 Å². The van der Waals surface area contributed by atoms with Gasteiger partial charge in [0.15, 0.2) is 6.04 Å². The van der Waals surface area contributed by atoms with Crippen molar-refractivity contribution in [3.05, 3.63) is 29.6 Å². The molecule has 0 aliphatic rings. The van der Waals surface area contributed by atoms with Crippen molar-refractivity contribution in [2.24, 2.45) is 5.73 Å². The number of nitrogens with two attached hydrogens (primary N) is 1. The zero-order valence-corrected chi connectivity index (χ0v) is 8.96. The molecule has 1 unspecified atom stereocenters. The third-order valence-corrected chi connectivity index (χ3v) is 2.07. The van der Waals surface area contributed by atoms with E-state index in [1.165, 1.54) is 18.3 Å². The van der Waals surface area contributed by atoms with Crippen LogP contribution in [-0.2, 0) is 11.3 Å². The van der Waals surface area contributed by atoms with Gasteiger partial charge in [-0.2, -0.15) is 0 Å².